The molecule has 1 aromatic carbocycles. The Kier molecular flexibility index (Phi) is 7.91. The van der Waals surface area contributed by atoms with Crippen molar-refractivity contribution >= 4 is 11.9 Å². The molecule has 3 aromatic rings. The van der Waals surface area contributed by atoms with Gasteiger partial charge in [0.25, 0.3) is 0 Å². The van der Waals surface area contributed by atoms with E-state index in [1.807, 2.05) is 67.2 Å². The number of carbonyl (C=O) groups excluding carboxylic acids is 1. The van der Waals surface area contributed by atoms with Gasteiger partial charge >= 0.3 is 6.18 Å². The van der Waals surface area contributed by atoms with Crippen LogP contribution in [-0.2, 0) is 17.8 Å². The van der Waals surface area contributed by atoms with Gasteiger partial charge in [-0.3, -0.25) is 9.69 Å². The van der Waals surface area contributed by atoms with Gasteiger partial charge in [-0.2, -0.15) is 13.2 Å². The maximum atomic E-state index is 14.1. The number of fused-ring (bicyclic) bond motifs is 1. The van der Waals surface area contributed by atoms with Crippen LogP contribution in [-0.4, -0.2) is 82.5 Å². The van der Waals surface area contributed by atoms with E-state index in [2.05, 4.69) is 14.8 Å². The summed E-state index contributed by atoms with van der Waals surface area (Å²) in [4.78, 5) is 22.4. The van der Waals surface area contributed by atoms with Gasteiger partial charge in [0.05, 0.1) is 17.8 Å². The summed E-state index contributed by atoms with van der Waals surface area (Å²) in [7, 11) is 2.02. The maximum Gasteiger partial charge on any atom is 0.413 e. The van der Waals surface area contributed by atoms with Gasteiger partial charge in [0.1, 0.15) is 5.82 Å². The van der Waals surface area contributed by atoms with Crippen molar-refractivity contribution < 1.29 is 18.0 Å². The average Bonchev–Trinajstić information content (AvgIpc) is 3.33. The Morgan fingerprint density at radius 3 is 2.67 bits per heavy atom. The number of rotatable bonds is 8. The first-order valence-corrected chi connectivity index (χ1v) is 13.3. The zero-order valence-corrected chi connectivity index (χ0v) is 22.4. The van der Waals surface area contributed by atoms with Gasteiger partial charge in [-0.15, -0.1) is 0 Å². The van der Waals surface area contributed by atoms with Crippen molar-refractivity contribution in [2.45, 2.75) is 38.5 Å². The second-order valence-electron chi connectivity index (χ2n) is 10.6. The van der Waals surface area contributed by atoms with Crippen molar-refractivity contribution in [2.24, 2.45) is 0 Å². The summed E-state index contributed by atoms with van der Waals surface area (Å²) in [5.74, 6) is 0.904. The Bertz CT molecular complexity index is 1380. The first-order valence-electron chi connectivity index (χ1n) is 13.3. The Balaban J connectivity index is 1.31. The Labute approximate surface area is 227 Å². The molecule has 206 valence electrons. The number of alkyl halides is 3. The molecule has 1 atom stereocenters. The number of halogens is 3. The Morgan fingerprint density at radius 1 is 1.13 bits per heavy atom. The highest BCUT2D eigenvalue weighted by Crippen LogP contribution is 2.36. The second-order valence-corrected chi connectivity index (χ2v) is 10.6. The van der Waals surface area contributed by atoms with Crippen LogP contribution in [0.4, 0.5) is 13.2 Å². The molecule has 3 heterocycles. The highest BCUT2D eigenvalue weighted by atomic mass is 19.4. The number of piperazine rings is 1. The third-order valence-corrected chi connectivity index (χ3v) is 7.86. The predicted octanol–water partition coefficient (Wildman–Crippen LogP) is 4.63. The fourth-order valence-electron chi connectivity index (χ4n) is 5.41. The van der Waals surface area contributed by atoms with Crippen molar-refractivity contribution in [3.63, 3.8) is 0 Å². The van der Waals surface area contributed by atoms with Gasteiger partial charge in [0, 0.05) is 63.9 Å². The van der Waals surface area contributed by atoms with Gasteiger partial charge in [-0.25, -0.2) is 4.98 Å². The number of benzene rings is 1. The monoisotopic (exact) mass is 537 g/mol. The Hall–Kier alpha value is -3.43. The van der Waals surface area contributed by atoms with Crippen molar-refractivity contribution in [3.05, 3.63) is 94.6 Å². The molecule has 0 bridgehead atoms. The number of amides is 1. The quantitative estimate of drug-likeness (QED) is 0.393. The zero-order chi connectivity index (χ0) is 27.6. The van der Waals surface area contributed by atoms with Crippen LogP contribution in [0.1, 0.15) is 28.9 Å². The molecule has 5 rings (SSSR count). The van der Waals surface area contributed by atoms with E-state index in [1.165, 1.54) is 4.90 Å². The van der Waals surface area contributed by atoms with E-state index in [0.717, 1.165) is 54.2 Å². The molecule has 0 N–H and O–H groups in total. The lowest BCUT2D eigenvalue weighted by Gasteiger charge is -2.35. The third-order valence-electron chi connectivity index (χ3n) is 7.86. The number of likely N-dealkylation sites (N-methyl/N-ethyl adjacent to an activating group) is 1. The van der Waals surface area contributed by atoms with E-state index >= 15 is 0 Å². The van der Waals surface area contributed by atoms with Crippen LogP contribution in [0.3, 0.4) is 0 Å². The summed E-state index contributed by atoms with van der Waals surface area (Å²) in [5.41, 5.74) is 3.82. The van der Waals surface area contributed by atoms with Crippen molar-refractivity contribution in [3.8, 4) is 0 Å². The largest absolute Gasteiger partial charge is 0.413 e. The molecule has 1 aliphatic heterocycles. The molecule has 9 heteroatoms. The number of pyridine rings is 1. The van der Waals surface area contributed by atoms with Crippen molar-refractivity contribution in [2.75, 3.05) is 39.8 Å². The van der Waals surface area contributed by atoms with Crippen LogP contribution in [0, 0.1) is 6.92 Å². The lowest BCUT2D eigenvalue weighted by atomic mass is 9.92. The molecule has 2 aromatic heterocycles. The molecule has 2 aliphatic rings. The summed E-state index contributed by atoms with van der Waals surface area (Å²) in [6.45, 7) is 5.70. The standard InChI is InChI=1S/C30H34F3N5O/c1-22-6-7-23(15-25(22)16-29-34-18-27-5-3-4-10-38(27)29)19-37(21-39)26-9-8-24(28(17-26)30(31,32)33)20-36-13-11-35(2)12-14-36/h3-10,15,18,21,26H,11-14,16-17,19-20H2,1-2H3. The molecule has 0 saturated carbocycles. The SMILES string of the molecule is Cc1ccc(CN(C=O)C2C=CC(CN3CCN(C)CC3)=C(C(F)(F)F)C2)cc1Cc1ncc2ccccn12. The second kappa shape index (κ2) is 11.4. The minimum Gasteiger partial charge on any atom is -0.334 e. The van der Waals surface area contributed by atoms with Crippen LogP contribution in [0.15, 0.2) is 72.1 Å². The average molecular weight is 538 g/mol. The molecule has 1 saturated heterocycles. The summed E-state index contributed by atoms with van der Waals surface area (Å²) in [6, 6.07) is 11.2. The highest BCUT2D eigenvalue weighted by Gasteiger charge is 2.39. The lowest BCUT2D eigenvalue weighted by molar-refractivity contribution is -0.121. The van der Waals surface area contributed by atoms with Crippen molar-refractivity contribution in [1.82, 2.24) is 24.1 Å². The van der Waals surface area contributed by atoms with Gasteiger partial charge < -0.3 is 14.2 Å². The summed E-state index contributed by atoms with van der Waals surface area (Å²) >= 11 is 0. The summed E-state index contributed by atoms with van der Waals surface area (Å²) < 4.78 is 44.4. The van der Waals surface area contributed by atoms with Crippen molar-refractivity contribution in [1.29, 1.82) is 0 Å². The van der Waals surface area contributed by atoms with Crippen LogP contribution in [0.5, 0.6) is 0 Å². The molecule has 1 aliphatic carbocycles. The minimum atomic E-state index is -4.44. The Morgan fingerprint density at radius 2 is 1.92 bits per heavy atom. The number of carbonyl (C=O) groups is 1. The smallest absolute Gasteiger partial charge is 0.334 e. The molecule has 0 spiro atoms. The minimum absolute atomic E-state index is 0.229. The normalized spacial score (nSPS) is 19.2. The zero-order valence-electron chi connectivity index (χ0n) is 22.4. The number of hydrogen-bond donors (Lipinski definition) is 0. The third kappa shape index (κ3) is 6.25. The van der Waals surface area contributed by atoms with Crippen LogP contribution < -0.4 is 0 Å². The van der Waals surface area contributed by atoms with Crippen LogP contribution in [0.25, 0.3) is 5.52 Å². The molecule has 0 radical (unpaired) electrons. The van der Waals surface area contributed by atoms with Crippen LogP contribution in [0.2, 0.25) is 0 Å². The van der Waals surface area contributed by atoms with E-state index < -0.39 is 17.8 Å². The number of aryl methyl sites for hydroxylation is 1. The van der Waals surface area contributed by atoms with Crippen LogP contribution >= 0.6 is 0 Å². The van der Waals surface area contributed by atoms with E-state index in [9.17, 15) is 18.0 Å². The van der Waals surface area contributed by atoms with Gasteiger partial charge in [0.15, 0.2) is 0 Å². The van der Waals surface area contributed by atoms with Gasteiger partial charge in [-0.1, -0.05) is 36.4 Å². The predicted molar refractivity (Wildman–Crippen MR) is 145 cm³/mol. The highest BCUT2D eigenvalue weighted by molar-refractivity contribution is 5.51. The maximum absolute atomic E-state index is 14.1. The van der Waals surface area contributed by atoms with Gasteiger partial charge in [-0.05, 0) is 48.4 Å². The van der Waals surface area contributed by atoms with Gasteiger partial charge in [0.2, 0.25) is 6.41 Å². The lowest BCUT2D eigenvalue weighted by Crippen LogP contribution is -2.45. The van der Waals surface area contributed by atoms with E-state index in [1.54, 1.807) is 12.2 Å². The number of aromatic nitrogens is 2. The number of nitrogens with zero attached hydrogens (tertiary/aromatic N) is 5. The number of imidazole rings is 1. The number of hydrogen-bond acceptors (Lipinski definition) is 4. The summed E-state index contributed by atoms with van der Waals surface area (Å²) in [5, 5.41) is 0. The molecule has 1 unspecified atom stereocenters. The fraction of sp³-hybridized carbons (Fsp3) is 0.400. The molecule has 39 heavy (non-hydrogen) atoms. The first kappa shape index (κ1) is 27.1. The summed E-state index contributed by atoms with van der Waals surface area (Å²) in [6.07, 6.45) is 3.74. The molecular weight excluding hydrogens is 503 g/mol. The van der Waals surface area contributed by atoms with E-state index in [-0.39, 0.29) is 19.5 Å². The first-order chi connectivity index (χ1) is 18.7. The van der Waals surface area contributed by atoms with E-state index in [0.29, 0.717) is 18.4 Å². The molecule has 1 amide bonds. The van der Waals surface area contributed by atoms with E-state index in [4.69, 9.17) is 0 Å². The molecular formula is C30H34F3N5O. The fourth-order valence-corrected chi connectivity index (χ4v) is 5.41. The molecule has 6 nitrogen and oxygen atoms in total. The topological polar surface area (TPSA) is 44.1 Å². The molecule has 1 fully saturated rings.